The SMILES string of the molecule is CSCC/C=C/CN. The molecule has 0 aromatic rings. The van der Waals surface area contributed by atoms with Crippen LogP contribution in [0.25, 0.3) is 0 Å². The van der Waals surface area contributed by atoms with Crippen LogP contribution in [0.2, 0.25) is 0 Å². The molecule has 0 rings (SSSR count). The third kappa shape index (κ3) is 6.05. The lowest BCUT2D eigenvalue weighted by Gasteiger charge is -1.85. The normalized spacial score (nSPS) is 10.8. The lowest BCUT2D eigenvalue weighted by Crippen LogP contribution is -1.92. The minimum atomic E-state index is 0.675. The lowest BCUT2D eigenvalue weighted by atomic mass is 10.4. The van der Waals surface area contributed by atoms with Crippen LogP contribution in [0.4, 0.5) is 0 Å². The van der Waals surface area contributed by atoms with Crippen molar-refractivity contribution in [3.8, 4) is 0 Å². The van der Waals surface area contributed by atoms with Gasteiger partial charge in [0.25, 0.3) is 0 Å². The second-order valence-corrected chi connectivity index (χ2v) is 2.47. The fraction of sp³-hybridized carbons (Fsp3) is 0.667. The summed E-state index contributed by atoms with van der Waals surface area (Å²) in [5.74, 6) is 1.20. The Morgan fingerprint density at radius 2 is 2.25 bits per heavy atom. The molecule has 0 heterocycles. The molecule has 0 aromatic carbocycles. The first-order chi connectivity index (χ1) is 3.91. The molecular formula is C6H13NS. The zero-order chi connectivity index (χ0) is 6.24. The molecular weight excluding hydrogens is 118 g/mol. The number of nitrogens with two attached hydrogens (primary N) is 1. The molecule has 8 heavy (non-hydrogen) atoms. The molecule has 0 aliphatic rings. The zero-order valence-corrected chi connectivity index (χ0v) is 6.08. The minimum Gasteiger partial charge on any atom is -0.327 e. The molecule has 0 aromatic heterocycles. The van der Waals surface area contributed by atoms with Crippen molar-refractivity contribution in [2.75, 3.05) is 18.6 Å². The summed E-state index contributed by atoms with van der Waals surface area (Å²) in [6, 6.07) is 0. The van der Waals surface area contributed by atoms with E-state index in [4.69, 9.17) is 5.73 Å². The first-order valence-corrected chi connectivity index (χ1v) is 4.15. The van der Waals surface area contributed by atoms with E-state index < -0.39 is 0 Å². The standard InChI is InChI=1S/C6H13NS/c1-8-6-4-2-3-5-7/h2-3H,4-7H2,1H3/b3-2+. The van der Waals surface area contributed by atoms with Gasteiger partial charge in [-0.3, -0.25) is 0 Å². The Kier molecular flexibility index (Phi) is 7.09. The summed E-state index contributed by atoms with van der Waals surface area (Å²) in [6.07, 6.45) is 7.38. The van der Waals surface area contributed by atoms with E-state index in [1.807, 2.05) is 17.8 Å². The van der Waals surface area contributed by atoms with Crippen LogP contribution in [0.3, 0.4) is 0 Å². The summed E-state index contributed by atoms with van der Waals surface area (Å²) in [5, 5.41) is 0. The van der Waals surface area contributed by atoms with E-state index in [-0.39, 0.29) is 0 Å². The molecule has 0 aliphatic heterocycles. The lowest BCUT2D eigenvalue weighted by molar-refractivity contribution is 1.19. The van der Waals surface area contributed by atoms with E-state index >= 15 is 0 Å². The van der Waals surface area contributed by atoms with Gasteiger partial charge in [0.15, 0.2) is 0 Å². The fourth-order valence-electron chi connectivity index (χ4n) is 0.400. The maximum Gasteiger partial charge on any atom is 0.0106 e. The van der Waals surface area contributed by atoms with Crippen LogP contribution in [-0.4, -0.2) is 18.6 Å². The van der Waals surface area contributed by atoms with E-state index in [0.29, 0.717) is 6.54 Å². The van der Waals surface area contributed by atoms with Crippen LogP contribution in [0.1, 0.15) is 6.42 Å². The smallest absolute Gasteiger partial charge is 0.0106 e. The molecule has 1 nitrogen and oxygen atoms in total. The Bertz CT molecular complexity index is 61.5. The maximum atomic E-state index is 5.22. The van der Waals surface area contributed by atoms with Crippen molar-refractivity contribution in [1.29, 1.82) is 0 Å². The quantitative estimate of drug-likeness (QED) is 0.459. The summed E-state index contributed by atoms with van der Waals surface area (Å²) in [4.78, 5) is 0. The molecule has 0 bridgehead atoms. The highest BCUT2D eigenvalue weighted by molar-refractivity contribution is 7.98. The topological polar surface area (TPSA) is 26.0 Å². The number of hydrogen-bond acceptors (Lipinski definition) is 2. The van der Waals surface area contributed by atoms with Gasteiger partial charge in [-0.2, -0.15) is 11.8 Å². The summed E-state index contributed by atoms with van der Waals surface area (Å²) >= 11 is 1.86. The molecule has 0 spiro atoms. The third-order valence-electron chi connectivity index (χ3n) is 0.791. The molecule has 0 saturated heterocycles. The molecule has 0 unspecified atom stereocenters. The third-order valence-corrected chi connectivity index (χ3v) is 1.44. The molecule has 0 aliphatic carbocycles. The summed E-state index contributed by atoms with van der Waals surface area (Å²) in [5.41, 5.74) is 5.22. The van der Waals surface area contributed by atoms with Crippen LogP contribution < -0.4 is 5.73 Å². The monoisotopic (exact) mass is 131 g/mol. The minimum absolute atomic E-state index is 0.675. The van der Waals surface area contributed by atoms with Gasteiger partial charge in [-0.1, -0.05) is 12.2 Å². The first-order valence-electron chi connectivity index (χ1n) is 2.76. The molecule has 48 valence electrons. The number of hydrogen-bond donors (Lipinski definition) is 1. The maximum absolute atomic E-state index is 5.22. The van der Waals surface area contributed by atoms with Gasteiger partial charge < -0.3 is 5.73 Å². The fourth-order valence-corrected chi connectivity index (χ4v) is 0.772. The molecule has 0 atom stereocenters. The molecule has 0 fully saturated rings. The van der Waals surface area contributed by atoms with Gasteiger partial charge in [0.1, 0.15) is 0 Å². The van der Waals surface area contributed by atoms with Gasteiger partial charge in [-0.05, 0) is 18.4 Å². The summed E-state index contributed by atoms with van der Waals surface area (Å²) in [7, 11) is 0. The summed E-state index contributed by atoms with van der Waals surface area (Å²) < 4.78 is 0. The van der Waals surface area contributed by atoms with Crippen molar-refractivity contribution < 1.29 is 0 Å². The van der Waals surface area contributed by atoms with Crippen molar-refractivity contribution in [2.45, 2.75) is 6.42 Å². The van der Waals surface area contributed by atoms with Crippen molar-refractivity contribution in [3.63, 3.8) is 0 Å². The van der Waals surface area contributed by atoms with Gasteiger partial charge >= 0.3 is 0 Å². The molecule has 0 saturated carbocycles. The van der Waals surface area contributed by atoms with Crippen molar-refractivity contribution in [2.24, 2.45) is 5.73 Å². The van der Waals surface area contributed by atoms with E-state index in [1.54, 1.807) is 0 Å². The van der Waals surface area contributed by atoms with Gasteiger partial charge in [-0.15, -0.1) is 0 Å². The molecule has 2 heteroatoms. The highest BCUT2D eigenvalue weighted by Crippen LogP contribution is 1.94. The van der Waals surface area contributed by atoms with E-state index in [9.17, 15) is 0 Å². The van der Waals surface area contributed by atoms with Crippen LogP contribution >= 0.6 is 11.8 Å². The van der Waals surface area contributed by atoms with E-state index in [1.165, 1.54) is 5.75 Å². The average Bonchev–Trinajstić information content (AvgIpc) is 1.81. The van der Waals surface area contributed by atoms with Crippen LogP contribution in [-0.2, 0) is 0 Å². The Labute approximate surface area is 55.3 Å². The predicted molar refractivity (Wildman–Crippen MR) is 41.2 cm³/mol. The predicted octanol–water partition coefficient (Wildman–Crippen LogP) is 1.25. The van der Waals surface area contributed by atoms with Gasteiger partial charge in [-0.25, -0.2) is 0 Å². The van der Waals surface area contributed by atoms with Crippen molar-refractivity contribution in [1.82, 2.24) is 0 Å². The highest BCUT2D eigenvalue weighted by Gasteiger charge is 1.74. The Balaban J connectivity index is 2.80. The van der Waals surface area contributed by atoms with E-state index in [2.05, 4.69) is 12.3 Å². The van der Waals surface area contributed by atoms with Gasteiger partial charge in [0, 0.05) is 6.54 Å². The second-order valence-electron chi connectivity index (χ2n) is 1.49. The number of allylic oxidation sites excluding steroid dienone is 1. The Hall–Kier alpha value is 0.0500. The first kappa shape index (κ1) is 8.05. The Morgan fingerprint density at radius 3 is 2.75 bits per heavy atom. The van der Waals surface area contributed by atoms with Crippen molar-refractivity contribution >= 4 is 11.8 Å². The van der Waals surface area contributed by atoms with Gasteiger partial charge in [0.2, 0.25) is 0 Å². The zero-order valence-electron chi connectivity index (χ0n) is 5.26. The molecule has 0 radical (unpaired) electrons. The Morgan fingerprint density at radius 1 is 1.50 bits per heavy atom. The number of rotatable bonds is 4. The number of thioether (sulfide) groups is 1. The van der Waals surface area contributed by atoms with Gasteiger partial charge in [0.05, 0.1) is 0 Å². The van der Waals surface area contributed by atoms with E-state index in [0.717, 1.165) is 6.42 Å². The van der Waals surface area contributed by atoms with Crippen LogP contribution in [0.5, 0.6) is 0 Å². The largest absolute Gasteiger partial charge is 0.327 e. The van der Waals surface area contributed by atoms with Crippen LogP contribution in [0, 0.1) is 0 Å². The van der Waals surface area contributed by atoms with Crippen molar-refractivity contribution in [3.05, 3.63) is 12.2 Å². The van der Waals surface area contributed by atoms with Crippen LogP contribution in [0.15, 0.2) is 12.2 Å². The highest BCUT2D eigenvalue weighted by atomic mass is 32.2. The average molecular weight is 131 g/mol. The second kappa shape index (κ2) is 7.05. The molecule has 2 N–H and O–H groups in total. The summed E-state index contributed by atoms with van der Waals surface area (Å²) in [6.45, 7) is 0.675. The molecule has 0 amide bonds.